The molecule has 0 aromatic heterocycles. The highest BCUT2D eigenvalue weighted by molar-refractivity contribution is 14.1. The molecule has 5 heteroatoms. The van der Waals surface area contributed by atoms with Crippen LogP contribution >= 0.6 is 22.6 Å². The van der Waals surface area contributed by atoms with Crippen LogP contribution in [0, 0.1) is 0 Å². The number of rotatable bonds is 2. The van der Waals surface area contributed by atoms with E-state index in [1.807, 2.05) is 0 Å². The first-order chi connectivity index (χ1) is 5.88. The molecule has 5 N–H and O–H groups in total. The molecule has 0 amide bonds. The van der Waals surface area contributed by atoms with Crippen LogP contribution in [0.5, 0.6) is 5.75 Å². The molecule has 1 aromatic rings. The smallest absolute Gasteiger partial charge is 0.257 e. The lowest BCUT2D eigenvalue weighted by atomic mass is 10.2. The minimum absolute atomic E-state index is 0.414. The molecule has 0 fully saturated rings. The first kappa shape index (κ1) is 10.4. The zero-order valence-electron chi connectivity index (χ0n) is 7.12. The average Bonchev–Trinajstić information content (AvgIpc) is 1.93. The zero-order chi connectivity index (χ0) is 10.1. The third-order valence-corrected chi connectivity index (χ3v) is 1.55. The third-order valence-electron chi connectivity index (χ3n) is 1.33. The van der Waals surface area contributed by atoms with Gasteiger partial charge in [-0.05, 0) is 18.2 Å². The number of halogens is 1. The van der Waals surface area contributed by atoms with E-state index < -0.39 is 3.79 Å². The van der Waals surface area contributed by atoms with Gasteiger partial charge in [0.2, 0.25) is 0 Å². The van der Waals surface area contributed by atoms with Crippen molar-refractivity contribution < 1.29 is 9.84 Å². The van der Waals surface area contributed by atoms with Crippen LogP contribution in [0.4, 0.5) is 11.4 Å². The molecule has 13 heavy (non-hydrogen) atoms. The highest BCUT2D eigenvalue weighted by Crippen LogP contribution is 2.28. The third kappa shape index (κ3) is 3.27. The summed E-state index contributed by atoms with van der Waals surface area (Å²) >= 11 is 1.75. The summed E-state index contributed by atoms with van der Waals surface area (Å²) in [6, 6.07) is 4.86. The number of alkyl halides is 1. The maximum absolute atomic E-state index is 9.34. The van der Waals surface area contributed by atoms with E-state index in [1.54, 1.807) is 40.8 Å². The van der Waals surface area contributed by atoms with Crippen LogP contribution in [0.25, 0.3) is 0 Å². The molecule has 0 bridgehead atoms. The molecule has 72 valence electrons. The van der Waals surface area contributed by atoms with Crippen molar-refractivity contribution in [3.05, 3.63) is 18.2 Å². The van der Waals surface area contributed by atoms with Gasteiger partial charge in [0.05, 0.1) is 5.69 Å². The molecule has 0 saturated carbocycles. The van der Waals surface area contributed by atoms with Gasteiger partial charge >= 0.3 is 0 Å². The van der Waals surface area contributed by atoms with E-state index in [4.69, 9.17) is 16.2 Å². The monoisotopic (exact) mass is 294 g/mol. The van der Waals surface area contributed by atoms with Crippen molar-refractivity contribution in [3.8, 4) is 5.75 Å². The summed E-state index contributed by atoms with van der Waals surface area (Å²) in [6.45, 7) is 1.52. The van der Waals surface area contributed by atoms with E-state index in [0.29, 0.717) is 17.1 Å². The van der Waals surface area contributed by atoms with Crippen LogP contribution in [0.2, 0.25) is 0 Å². The van der Waals surface area contributed by atoms with E-state index in [-0.39, 0.29) is 0 Å². The molecule has 1 aromatic carbocycles. The summed E-state index contributed by atoms with van der Waals surface area (Å²) in [7, 11) is 0. The Hall–Kier alpha value is -0.690. The van der Waals surface area contributed by atoms with E-state index in [0.717, 1.165) is 0 Å². The Labute approximate surface area is 90.0 Å². The molecular weight excluding hydrogens is 283 g/mol. The molecule has 0 aliphatic rings. The van der Waals surface area contributed by atoms with E-state index in [9.17, 15) is 5.11 Å². The standard InChI is InChI=1S/C8H11IN2O2/c1-8(9,12)13-7-3-2-5(10)4-6(7)11/h2-4,12H,10-11H2,1H3. The maximum Gasteiger partial charge on any atom is 0.257 e. The summed E-state index contributed by atoms with van der Waals surface area (Å²) in [5.41, 5.74) is 12.1. The predicted octanol–water partition coefficient (Wildman–Crippen LogP) is 1.33. The van der Waals surface area contributed by atoms with E-state index in [1.165, 1.54) is 6.92 Å². The second kappa shape index (κ2) is 3.59. The largest absolute Gasteiger partial charge is 0.452 e. The predicted molar refractivity (Wildman–Crippen MR) is 60.5 cm³/mol. The number of nitrogen functional groups attached to an aromatic ring is 2. The maximum atomic E-state index is 9.34. The lowest BCUT2D eigenvalue weighted by molar-refractivity contribution is -0.0177. The average molecular weight is 294 g/mol. The van der Waals surface area contributed by atoms with Crippen LogP contribution in [-0.4, -0.2) is 8.90 Å². The first-order valence-corrected chi connectivity index (χ1v) is 4.71. The van der Waals surface area contributed by atoms with Crippen LogP contribution in [0.15, 0.2) is 18.2 Å². The van der Waals surface area contributed by atoms with Gasteiger partial charge in [-0.15, -0.1) is 0 Å². The van der Waals surface area contributed by atoms with Gasteiger partial charge in [0.15, 0.2) is 0 Å². The van der Waals surface area contributed by atoms with Crippen molar-refractivity contribution >= 4 is 34.0 Å². The number of ether oxygens (including phenoxy) is 1. The van der Waals surface area contributed by atoms with Crippen LogP contribution in [-0.2, 0) is 0 Å². The Bertz CT molecular complexity index is 310. The van der Waals surface area contributed by atoms with Gasteiger partial charge in [-0.3, -0.25) is 0 Å². The van der Waals surface area contributed by atoms with E-state index in [2.05, 4.69) is 0 Å². The molecule has 0 aliphatic heterocycles. The van der Waals surface area contributed by atoms with E-state index >= 15 is 0 Å². The molecule has 0 saturated heterocycles. The molecule has 1 rings (SSSR count). The number of benzene rings is 1. The SMILES string of the molecule is CC(O)(I)Oc1ccc(N)cc1N. The number of hydrogen-bond donors (Lipinski definition) is 3. The number of hydrogen-bond acceptors (Lipinski definition) is 4. The van der Waals surface area contributed by atoms with Crippen molar-refractivity contribution in [1.29, 1.82) is 0 Å². The Kier molecular flexibility index (Phi) is 2.87. The van der Waals surface area contributed by atoms with Gasteiger partial charge in [-0.2, -0.15) is 0 Å². The molecule has 0 aliphatic carbocycles. The normalized spacial score (nSPS) is 15.0. The molecular formula is C8H11IN2O2. The first-order valence-electron chi connectivity index (χ1n) is 3.64. The summed E-state index contributed by atoms with van der Waals surface area (Å²) in [4.78, 5) is 0. The Balaban J connectivity index is 2.90. The molecule has 0 radical (unpaired) electrons. The molecule has 0 heterocycles. The minimum atomic E-state index is -1.26. The summed E-state index contributed by atoms with van der Waals surface area (Å²) in [5.74, 6) is 0.425. The van der Waals surface area contributed by atoms with Gasteiger partial charge < -0.3 is 21.3 Å². The minimum Gasteiger partial charge on any atom is -0.452 e. The van der Waals surface area contributed by atoms with Gasteiger partial charge in [0, 0.05) is 35.2 Å². The fraction of sp³-hybridized carbons (Fsp3) is 0.250. The lowest BCUT2D eigenvalue weighted by Gasteiger charge is -2.18. The molecule has 1 atom stereocenters. The topological polar surface area (TPSA) is 81.5 Å². The number of anilines is 2. The quantitative estimate of drug-likeness (QED) is 0.333. The Morgan fingerprint density at radius 2 is 2.08 bits per heavy atom. The Morgan fingerprint density at radius 3 is 2.54 bits per heavy atom. The number of nitrogens with two attached hydrogens (primary N) is 2. The van der Waals surface area contributed by atoms with Crippen molar-refractivity contribution in [2.75, 3.05) is 11.5 Å². The van der Waals surface area contributed by atoms with Crippen LogP contribution in [0.3, 0.4) is 0 Å². The summed E-state index contributed by atoms with van der Waals surface area (Å²) in [6.07, 6.45) is 0. The van der Waals surface area contributed by atoms with Crippen molar-refractivity contribution in [2.24, 2.45) is 0 Å². The van der Waals surface area contributed by atoms with Crippen molar-refractivity contribution in [3.63, 3.8) is 0 Å². The van der Waals surface area contributed by atoms with Gasteiger partial charge in [-0.1, -0.05) is 0 Å². The highest BCUT2D eigenvalue weighted by atomic mass is 127. The second-order valence-electron chi connectivity index (χ2n) is 2.77. The summed E-state index contributed by atoms with van der Waals surface area (Å²) < 4.78 is 3.89. The highest BCUT2D eigenvalue weighted by Gasteiger charge is 2.17. The van der Waals surface area contributed by atoms with Crippen molar-refractivity contribution in [2.45, 2.75) is 10.7 Å². The fourth-order valence-corrected chi connectivity index (χ4v) is 1.10. The Morgan fingerprint density at radius 1 is 1.46 bits per heavy atom. The molecule has 0 spiro atoms. The van der Waals surface area contributed by atoms with Gasteiger partial charge in [-0.25, -0.2) is 0 Å². The second-order valence-corrected chi connectivity index (χ2v) is 4.77. The van der Waals surface area contributed by atoms with Crippen LogP contribution < -0.4 is 16.2 Å². The lowest BCUT2D eigenvalue weighted by Crippen LogP contribution is -2.23. The zero-order valence-corrected chi connectivity index (χ0v) is 9.28. The van der Waals surface area contributed by atoms with Gasteiger partial charge in [0.1, 0.15) is 5.75 Å². The van der Waals surface area contributed by atoms with Gasteiger partial charge in [0.25, 0.3) is 3.79 Å². The summed E-state index contributed by atoms with van der Waals surface area (Å²) in [5, 5.41) is 9.34. The van der Waals surface area contributed by atoms with Crippen LogP contribution in [0.1, 0.15) is 6.92 Å². The molecule has 1 unspecified atom stereocenters. The number of aliphatic hydroxyl groups is 1. The molecule has 4 nitrogen and oxygen atoms in total. The fourth-order valence-electron chi connectivity index (χ4n) is 0.861. The van der Waals surface area contributed by atoms with Crippen molar-refractivity contribution in [1.82, 2.24) is 0 Å².